The van der Waals surface area contributed by atoms with E-state index in [0.717, 1.165) is 6.42 Å². The minimum Gasteiger partial charge on any atom is -0.380 e. The van der Waals surface area contributed by atoms with Crippen LogP contribution < -0.4 is 10.6 Å². The molecule has 0 bridgehead atoms. The van der Waals surface area contributed by atoms with Crippen LogP contribution in [0.4, 0.5) is 13.2 Å². The summed E-state index contributed by atoms with van der Waals surface area (Å²) in [5.41, 5.74) is 0. The van der Waals surface area contributed by atoms with Crippen LogP contribution in [-0.2, 0) is 9.53 Å². The van der Waals surface area contributed by atoms with E-state index in [1.807, 2.05) is 5.32 Å². The summed E-state index contributed by atoms with van der Waals surface area (Å²) in [5, 5.41) is 4.74. The Labute approximate surface area is 91.5 Å². The molecule has 2 unspecified atom stereocenters. The lowest BCUT2D eigenvalue weighted by molar-refractivity contribution is -0.139. The van der Waals surface area contributed by atoms with E-state index < -0.39 is 24.7 Å². The molecular formula is C9H15F3N2O2. The van der Waals surface area contributed by atoms with Crippen molar-refractivity contribution in [3.63, 3.8) is 0 Å². The lowest BCUT2D eigenvalue weighted by atomic mass is 10.2. The number of alkyl halides is 3. The van der Waals surface area contributed by atoms with Crippen LogP contribution in [0.3, 0.4) is 0 Å². The molecule has 2 atom stereocenters. The molecule has 1 fully saturated rings. The normalized spacial score (nSPS) is 23.1. The van der Waals surface area contributed by atoms with Gasteiger partial charge in [0.1, 0.15) is 6.54 Å². The smallest absolute Gasteiger partial charge is 0.380 e. The minimum absolute atomic E-state index is 0.0478. The van der Waals surface area contributed by atoms with Gasteiger partial charge in [-0.15, -0.1) is 0 Å². The molecule has 1 saturated heterocycles. The molecule has 2 N–H and O–H groups in total. The predicted molar refractivity (Wildman–Crippen MR) is 50.9 cm³/mol. The number of ether oxygens (including phenoxy) is 1. The molecular weight excluding hydrogens is 225 g/mol. The molecule has 4 nitrogen and oxygen atoms in total. The second kappa shape index (κ2) is 5.49. The number of halogens is 3. The molecule has 16 heavy (non-hydrogen) atoms. The Morgan fingerprint density at radius 1 is 1.56 bits per heavy atom. The highest BCUT2D eigenvalue weighted by molar-refractivity contribution is 5.81. The van der Waals surface area contributed by atoms with Gasteiger partial charge in [0, 0.05) is 12.6 Å². The van der Waals surface area contributed by atoms with Gasteiger partial charge in [-0.05, 0) is 13.3 Å². The van der Waals surface area contributed by atoms with Crippen molar-refractivity contribution in [2.75, 3.05) is 19.8 Å². The molecule has 0 aromatic rings. The summed E-state index contributed by atoms with van der Waals surface area (Å²) in [4.78, 5) is 11.3. The number of nitrogens with one attached hydrogen (secondary N) is 2. The van der Waals surface area contributed by atoms with Crippen molar-refractivity contribution in [3.05, 3.63) is 0 Å². The fourth-order valence-corrected chi connectivity index (χ4v) is 1.44. The Hall–Kier alpha value is -0.820. The monoisotopic (exact) mass is 240 g/mol. The number of hydrogen-bond acceptors (Lipinski definition) is 3. The van der Waals surface area contributed by atoms with Gasteiger partial charge in [-0.25, -0.2) is 0 Å². The van der Waals surface area contributed by atoms with Crippen LogP contribution in [0.5, 0.6) is 0 Å². The zero-order valence-corrected chi connectivity index (χ0v) is 8.93. The fraction of sp³-hybridized carbons (Fsp3) is 0.889. The molecule has 0 aliphatic carbocycles. The SMILES string of the molecule is CC(NC1CCOC1)C(=O)NCC(F)(F)F. The zero-order valence-electron chi connectivity index (χ0n) is 8.93. The van der Waals surface area contributed by atoms with Crippen LogP contribution >= 0.6 is 0 Å². The Kier molecular flexibility index (Phi) is 4.55. The predicted octanol–water partition coefficient (Wildman–Crippen LogP) is 0.432. The van der Waals surface area contributed by atoms with Gasteiger partial charge in [0.15, 0.2) is 0 Å². The second-order valence-corrected chi connectivity index (χ2v) is 3.78. The lowest BCUT2D eigenvalue weighted by Crippen LogP contribution is -2.48. The number of carbonyl (C=O) groups is 1. The summed E-state index contributed by atoms with van der Waals surface area (Å²) in [7, 11) is 0. The first-order chi connectivity index (χ1) is 7.38. The number of rotatable bonds is 4. The molecule has 94 valence electrons. The number of carbonyl (C=O) groups excluding carboxylic acids is 1. The third-order valence-corrected chi connectivity index (χ3v) is 2.27. The zero-order chi connectivity index (χ0) is 12.2. The Balaban J connectivity index is 2.24. The Morgan fingerprint density at radius 3 is 2.75 bits per heavy atom. The summed E-state index contributed by atoms with van der Waals surface area (Å²) in [6, 6.07) is -0.597. The van der Waals surface area contributed by atoms with Crippen molar-refractivity contribution in [2.45, 2.75) is 31.6 Å². The fourth-order valence-electron chi connectivity index (χ4n) is 1.44. The average Bonchev–Trinajstić information content (AvgIpc) is 2.65. The Bertz CT molecular complexity index is 239. The van der Waals surface area contributed by atoms with Crippen molar-refractivity contribution < 1.29 is 22.7 Å². The van der Waals surface area contributed by atoms with Gasteiger partial charge in [0.05, 0.1) is 12.6 Å². The maximum Gasteiger partial charge on any atom is 0.405 e. The third-order valence-electron chi connectivity index (χ3n) is 2.27. The van der Waals surface area contributed by atoms with Crippen molar-refractivity contribution in [1.29, 1.82) is 0 Å². The van der Waals surface area contributed by atoms with E-state index in [1.165, 1.54) is 6.92 Å². The van der Waals surface area contributed by atoms with Gasteiger partial charge in [0.25, 0.3) is 0 Å². The first kappa shape index (κ1) is 13.2. The van der Waals surface area contributed by atoms with Gasteiger partial charge >= 0.3 is 6.18 Å². The van der Waals surface area contributed by atoms with Crippen molar-refractivity contribution in [1.82, 2.24) is 10.6 Å². The Morgan fingerprint density at radius 2 is 2.25 bits per heavy atom. The van der Waals surface area contributed by atoms with E-state index in [9.17, 15) is 18.0 Å². The van der Waals surface area contributed by atoms with Crippen LogP contribution in [0.2, 0.25) is 0 Å². The van der Waals surface area contributed by atoms with Gasteiger partial charge in [-0.3, -0.25) is 4.79 Å². The third kappa shape index (κ3) is 4.80. The molecule has 7 heteroatoms. The van der Waals surface area contributed by atoms with Crippen molar-refractivity contribution in [3.8, 4) is 0 Å². The highest BCUT2D eigenvalue weighted by Crippen LogP contribution is 2.12. The largest absolute Gasteiger partial charge is 0.405 e. The van der Waals surface area contributed by atoms with Crippen LogP contribution in [-0.4, -0.2) is 43.9 Å². The van der Waals surface area contributed by atoms with Gasteiger partial charge in [-0.1, -0.05) is 0 Å². The van der Waals surface area contributed by atoms with E-state index in [1.54, 1.807) is 0 Å². The molecule has 0 saturated carbocycles. The van der Waals surface area contributed by atoms with E-state index in [0.29, 0.717) is 13.2 Å². The molecule has 0 aromatic carbocycles. The van der Waals surface area contributed by atoms with Crippen LogP contribution in [0, 0.1) is 0 Å². The average molecular weight is 240 g/mol. The van der Waals surface area contributed by atoms with Gasteiger partial charge < -0.3 is 15.4 Å². The van der Waals surface area contributed by atoms with E-state index in [-0.39, 0.29) is 6.04 Å². The maximum absolute atomic E-state index is 11.8. The number of hydrogen-bond donors (Lipinski definition) is 2. The lowest BCUT2D eigenvalue weighted by Gasteiger charge is -2.18. The molecule has 0 aromatic heterocycles. The van der Waals surface area contributed by atoms with Crippen LogP contribution in [0.25, 0.3) is 0 Å². The summed E-state index contributed by atoms with van der Waals surface area (Å²) in [6.07, 6.45) is -3.59. The minimum atomic E-state index is -4.37. The highest BCUT2D eigenvalue weighted by Gasteiger charge is 2.29. The second-order valence-electron chi connectivity index (χ2n) is 3.78. The van der Waals surface area contributed by atoms with E-state index in [4.69, 9.17) is 4.74 Å². The first-order valence-electron chi connectivity index (χ1n) is 5.07. The molecule has 1 amide bonds. The number of amides is 1. The molecule has 0 spiro atoms. The van der Waals surface area contributed by atoms with Gasteiger partial charge in [0.2, 0.25) is 5.91 Å². The standard InChI is InChI=1S/C9H15F3N2O2/c1-6(14-7-2-3-16-4-7)8(15)13-5-9(10,11)12/h6-7,14H,2-5H2,1H3,(H,13,15). The molecule has 1 rings (SSSR count). The quantitative estimate of drug-likeness (QED) is 0.749. The molecule has 1 heterocycles. The molecule has 1 aliphatic rings. The topological polar surface area (TPSA) is 50.4 Å². The van der Waals surface area contributed by atoms with Crippen molar-refractivity contribution >= 4 is 5.91 Å². The van der Waals surface area contributed by atoms with Crippen LogP contribution in [0.15, 0.2) is 0 Å². The summed E-state index contributed by atoms with van der Waals surface area (Å²) in [5.74, 6) is -0.649. The molecule has 1 aliphatic heterocycles. The first-order valence-corrected chi connectivity index (χ1v) is 5.07. The summed E-state index contributed by atoms with van der Waals surface area (Å²) >= 11 is 0. The highest BCUT2D eigenvalue weighted by atomic mass is 19.4. The van der Waals surface area contributed by atoms with Crippen molar-refractivity contribution in [2.24, 2.45) is 0 Å². The van der Waals surface area contributed by atoms with Crippen LogP contribution in [0.1, 0.15) is 13.3 Å². The van der Waals surface area contributed by atoms with E-state index in [2.05, 4.69) is 5.32 Å². The summed E-state index contributed by atoms with van der Waals surface area (Å²) in [6.45, 7) is 1.36. The van der Waals surface area contributed by atoms with E-state index >= 15 is 0 Å². The molecule has 0 radical (unpaired) electrons. The summed E-state index contributed by atoms with van der Waals surface area (Å²) < 4.78 is 40.6. The maximum atomic E-state index is 11.8. The van der Waals surface area contributed by atoms with Gasteiger partial charge in [-0.2, -0.15) is 13.2 Å².